The highest BCUT2D eigenvalue weighted by Gasteiger charge is 2.02. The minimum absolute atomic E-state index is 0.174. The molecule has 2 N–H and O–H groups in total. The fourth-order valence-corrected chi connectivity index (χ4v) is 0.871. The van der Waals surface area contributed by atoms with E-state index in [0.717, 1.165) is 0 Å². The van der Waals surface area contributed by atoms with Gasteiger partial charge in [0.15, 0.2) is 0 Å². The minimum Gasteiger partial charge on any atom is -0.384 e. The van der Waals surface area contributed by atoms with E-state index in [0.29, 0.717) is 18.1 Å². The molecule has 0 amide bonds. The Morgan fingerprint density at radius 3 is 2.93 bits per heavy atom. The second kappa shape index (κ2) is 5.43. The second-order valence-electron chi connectivity index (χ2n) is 2.61. The highest BCUT2D eigenvalue weighted by Crippen LogP contribution is 1.98. The van der Waals surface area contributed by atoms with Crippen molar-refractivity contribution in [2.45, 2.75) is 12.8 Å². The zero-order valence-corrected chi connectivity index (χ0v) is 7.49. The molecule has 1 aromatic heterocycles. The molecule has 4 nitrogen and oxygen atoms in total. The number of anilines is 1. The molecule has 0 aromatic carbocycles. The van der Waals surface area contributed by atoms with Gasteiger partial charge in [0.05, 0.1) is 6.61 Å². The maximum atomic E-state index is 11.6. The molecule has 1 rings (SSSR count). The molecule has 14 heavy (non-hydrogen) atoms. The van der Waals surface area contributed by atoms with Crippen molar-refractivity contribution >= 4 is 5.82 Å². The van der Waals surface area contributed by atoms with Gasteiger partial charge < -0.3 is 10.5 Å². The first kappa shape index (κ1) is 10.8. The quantitative estimate of drug-likeness (QED) is 0.722. The molecule has 1 aromatic rings. The van der Waals surface area contributed by atoms with Crippen LogP contribution in [0, 0.1) is 0 Å². The number of rotatable bonds is 5. The molecule has 0 bridgehead atoms. The molecule has 0 radical (unpaired) electrons. The Hall–Kier alpha value is -1.30. The summed E-state index contributed by atoms with van der Waals surface area (Å²) in [6, 6.07) is 1.56. The first-order chi connectivity index (χ1) is 6.68. The predicted octanol–water partition coefficient (Wildman–Crippen LogP) is 0.883. The molecule has 0 spiro atoms. The number of nitrogen functional groups attached to an aromatic ring is 1. The number of alkyl halides is 2. The van der Waals surface area contributed by atoms with Crippen molar-refractivity contribution in [2.24, 2.45) is 0 Å². The number of aromatic nitrogens is 2. The summed E-state index contributed by atoms with van der Waals surface area (Å²) in [6.45, 7) is -0.379. The third-order valence-electron chi connectivity index (χ3n) is 1.44. The topological polar surface area (TPSA) is 61.0 Å². The number of halogens is 2. The SMILES string of the molecule is Nc1ccnc(CCOCC(F)F)n1. The molecule has 78 valence electrons. The third-order valence-corrected chi connectivity index (χ3v) is 1.44. The Labute approximate surface area is 80.1 Å². The van der Waals surface area contributed by atoms with Crippen LogP contribution in [-0.2, 0) is 11.2 Å². The highest BCUT2D eigenvalue weighted by atomic mass is 19.3. The van der Waals surface area contributed by atoms with Crippen molar-refractivity contribution in [3.8, 4) is 0 Å². The van der Waals surface area contributed by atoms with E-state index in [4.69, 9.17) is 5.73 Å². The van der Waals surface area contributed by atoms with Gasteiger partial charge in [0.2, 0.25) is 0 Å². The molecule has 0 atom stereocenters. The summed E-state index contributed by atoms with van der Waals surface area (Å²) in [6.07, 6.45) is -0.528. The van der Waals surface area contributed by atoms with E-state index >= 15 is 0 Å². The lowest BCUT2D eigenvalue weighted by molar-refractivity contribution is 0.0183. The van der Waals surface area contributed by atoms with Crippen LogP contribution in [0.3, 0.4) is 0 Å². The molecule has 1 heterocycles. The molecule has 0 aliphatic heterocycles. The van der Waals surface area contributed by atoms with Crippen LogP contribution >= 0.6 is 0 Å². The summed E-state index contributed by atoms with van der Waals surface area (Å²) < 4.78 is 28.0. The normalized spacial score (nSPS) is 10.8. The van der Waals surface area contributed by atoms with E-state index in [2.05, 4.69) is 14.7 Å². The lowest BCUT2D eigenvalue weighted by Crippen LogP contribution is -2.09. The molecular formula is C8H11F2N3O. The molecule has 0 fully saturated rings. The van der Waals surface area contributed by atoms with Crippen molar-refractivity contribution in [3.63, 3.8) is 0 Å². The average molecular weight is 203 g/mol. The van der Waals surface area contributed by atoms with E-state index in [1.807, 2.05) is 0 Å². The van der Waals surface area contributed by atoms with Crippen molar-refractivity contribution in [1.82, 2.24) is 9.97 Å². The van der Waals surface area contributed by atoms with Gasteiger partial charge in [0.25, 0.3) is 6.43 Å². The fraction of sp³-hybridized carbons (Fsp3) is 0.500. The summed E-state index contributed by atoms with van der Waals surface area (Å²) in [5, 5.41) is 0. The van der Waals surface area contributed by atoms with E-state index in [-0.39, 0.29) is 6.61 Å². The van der Waals surface area contributed by atoms with Crippen LogP contribution in [0.5, 0.6) is 0 Å². The van der Waals surface area contributed by atoms with E-state index in [9.17, 15) is 8.78 Å². The molecule has 0 unspecified atom stereocenters. The number of nitrogens with zero attached hydrogens (tertiary/aromatic N) is 2. The van der Waals surface area contributed by atoms with Crippen LogP contribution in [0.1, 0.15) is 5.82 Å². The standard InChI is InChI=1S/C8H11F2N3O/c9-6(10)5-14-4-2-8-12-3-1-7(11)13-8/h1,3,6H,2,4-5H2,(H2,11,12,13). The molecule has 0 saturated carbocycles. The third kappa shape index (κ3) is 4.08. The Kier molecular flexibility index (Phi) is 4.18. The lowest BCUT2D eigenvalue weighted by Gasteiger charge is -2.02. The van der Waals surface area contributed by atoms with Gasteiger partial charge in [0.1, 0.15) is 18.2 Å². The summed E-state index contributed by atoms with van der Waals surface area (Å²) in [4.78, 5) is 7.79. The minimum atomic E-state index is -2.43. The largest absolute Gasteiger partial charge is 0.384 e. The van der Waals surface area contributed by atoms with Gasteiger partial charge in [-0.2, -0.15) is 0 Å². The van der Waals surface area contributed by atoms with Gasteiger partial charge in [-0.3, -0.25) is 0 Å². The van der Waals surface area contributed by atoms with E-state index < -0.39 is 13.0 Å². The molecule has 6 heteroatoms. The Morgan fingerprint density at radius 2 is 2.29 bits per heavy atom. The maximum absolute atomic E-state index is 11.6. The summed E-state index contributed by atoms with van der Waals surface area (Å²) >= 11 is 0. The van der Waals surface area contributed by atoms with Crippen molar-refractivity contribution < 1.29 is 13.5 Å². The maximum Gasteiger partial charge on any atom is 0.261 e. The number of ether oxygens (including phenoxy) is 1. The summed E-state index contributed by atoms with van der Waals surface area (Å²) in [5.74, 6) is 0.864. The van der Waals surface area contributed by atoms with Gasteiger partial charge in [0, 0.05) is 12.6 Å². The molecular weight excluding hydrogens is 192 g/mol. The van der Waals surface area contributed by atoms with Crippen LogP contribution in [0.25, 0.3) is 0 Å². The van der Waals surface area contributed by atoms with Gasteiger partial charge in [-0.05, 0) is 6.07 Å². The average Bonchev–Trinajstić information content (AvgIpc) is 2.12. The number of hydrogen-bond donors (Lipinski definition) is 1. The summed E-state index contributed by atoms with van der Waals surface area (Å²) in [7, 11) is 0. The zero-order chi connectivity index (χ0) is 10.4. The highest BCUT2D eigenvalue weighted by molar-refractivity contribution is 5.24. The number of hydrogen-bond acceptors (Lipinski definition) is 4. The Morgan fingerprint density at radius 1 is 1.50 bits per heavy atom. The molecule has 0 saturated heterocycles. The van der Waals surface area contributed by atoms with Gasteiger partial charge in [-0.25, -0.2) is 18.7 Å². The van der Waals surface area contributed by atoms with Crippen molar-refractivity contribution in [1.29, 1.82) is 0 Å². The molecule has 0 aliphatic rings. The smallest absolute Gasteiger partial charge is 0.261 e. The van der Waals surface area contributed by atoms with E-state index in [1.165, 1.54) is 6.20 Å². The van der Waals surface area contributed by atoms with Crippen molar-refractivity contribution in [2.75, 3.05) is 18.9 Å². The number of nitrogens with two attached hydrogens (primary N) is 1. The monoisotopic (exact) mass is 203 g/mol. The van der Waals surface area contributed by atoms with Crippen LogP contribution in [-0.4, -0.2) is 29.6 Å². The zero-order valence-electron chi connectivity index (χ0n) is 7.49. The van der Waals surface area contributed by atoms with Crippen LogP contribution in [0.4, 0.5) is 14.6 Å². The second-order valence-corrected chi connectivity index (χ2v) is 2.61. The first-order valence-electron chi connectivity index (χ1n) is 4.12. The van der Waals surface area contributed by atoms with Crippen LogP contribution < -0.4 is 5.73 Å². The first-order valence-corrected chi connectivity index (χ1v) is 4.12. The Balaban J connectivity index is 2.25. The van der Waals surface area contributed by atoms with Gasteiger partial charge >= 0.3 is 0 Å². The van der Waals surface area contributed by atoms with Gasteiger partial charge in [-0.1, -0.05) is 0 Å². The Bertz CT molecular complexity index is 283. The summed E-state index contributed by atoms with van der Waals surface area (Å²) in [5.41, 5.74) is 5.40. The van der Waals surface area contributed by atoms with Crippen molar-refractivity contribution in [3.05, 3.63) is 18.1 Å². The lowest BCUT2D eigenvalue weighted by atomic mass is 10.4. The fourth-order valence-electron chi connectivity index (χ4n) is 0.871. The van der Waals surface area contributed by atoms with Crippen LogP contribution in [0.2, 0.25) is 0 Å². The molecule has 0 aliphatic carbocycles. The van der Waals surface area contributed by atoms with Gasteiger partial charge in [-0.15, -0.1) is 0 Å². The van der Waals surface area contributed by atoms with Crippen LogP contribution in [0.15, 0.2) is 12.3 Å². The predicted molar refractivity (Wildman–Crippen MR) is 47.0 cm³/mol. The van der Waals surface area contributed by atoms with E-state index in [1.54, 1.807) is 6.07 Å².